The molecule has 0 atom stereocenters. The minimum atomic E-state index is -0.590. The number of carbonyl (C=O) groups is 2. The molecule has 1 aromatic carbocycles. The van der Waals surface area contributed by atoms with Gasteiger partial charge in [0.25, 0.3) is 0 Å². The summed E-state index contributed by atoms with van der Waals surface area (Å²) in [5.74, 6) is -0.531. The van der Waals surface area contributed by atoms with Crippen molar-refractivity contribution in [2.75, 3.05) is 0 Å². The lowest BCUT2D eigenvalue weighted by molar-refractivity contribution is 0.0435. The van der Waals surface area contributed by atoms with E-state index in [1.54, 1.807) is 7.05 Å². The molecular formula is C17H16N2O4. The van der Waals surface area contributed by atoms with Crippen molar-refractivity contribution in [3.8, 4) is 0 Å². The summed E-state index contributed by atoms with van der Waals surface area (Å²) in [5, 5.41) is 0.994. The van der Waals surface area contributed by atoms with Crippen LogP contribution in [0.5, 0.6) is 0 Å². The molecule has 0 spiro atoms. The molecule has 2 N–H and O–H groups in total. The molecule has 6 nitrogen and oxygen atoms in total. The van der Waals surface area contributed by atoms with Gasteiger partial charge in [0.1, 0.15) is 23.6 Å². The number of aryl methyl sites for hydroxylation is 2. The highest BCUT2D eigenvalue weighted by Crippen LogP contribution is 2.25. The predicted molar refractivity (Wildman–Crippen MR) is 84.0 cm³/mol. The molecule has 0 bridgehead atoms. The Morgan fingerprint density at radius 1 is 1.30 bits per heavy atom. The minimum absolute atomic E-state index is 0.0242. The number of aromatic nitrogens is 1. The number of nitrogens with zero attached hydrogens (tertiary/aromatic N) is 1. The number of fused-ring (bicyclic) bond motifs is 1. The molecule has 0 aliphatic rings. The standard InChI is InChI=1S/C17H16N2O4/c1-10-12-5-3-4-6-14(12)23-15(10)9-22-17(21)13-7-11(16(18)20)8-19(13)2/h3-8H,9H2,1-2H3,(H2,18,20). The number of hydrogen-bond donors (Lipinski definition) is 1. The molecule has 0 aliphatic heterocycles. The number of nitrogens with two attached hydrogens (primary N) is 1. The Balaban J connectivity index is 1.78. The second-order valence-electron chi connectivity index (χ2n) is 5.31. The number of rotatable bonds is 4. The molecule has 0 aliphatic carbocycles. The molecular weight excluding hydrogens is 296 g/mol. The van der Waals surface area contributed by atoms with E-state index in [0.29, 0.717) is 5.76 Å². The average molecular weight is 312 g/mol. The van der Waals surface area contributed by atoms with Crippen LogP contribution in [0, 0.1) is 6.92 Å². The van der Waals surface area contributed by atoms with Gasteiger partial charge in [-0.1, -0.05) is 18.2 Å². The molecule has 6 heteroatoms. The second-order valence-corrected chi connectivity index (χ2v) is 5.31. The number of amides is 1. The van der Waals surface area contributed by atoms with Gasteiger partial charge in [0, 0.05) is 24.2 Å². The monoisotopic (exact) mass is 312 g/mol. The summed E-state index contributed by atoms with van der Waals surface area (Å²) in [7, 11) is 1.65. The van der Waals surface area contributed by atoms with Crippen LogP contribution in [0.3, 0.4) is 0 Å². The summed E-state index contributed by atoms with van der Waals surface area (Å²) >= 11 is 0. The van der Waals surface area contributed by atoms with Crippen molar-refractivity contribution in [1.82, 2.24) is 4.57 Å². The second kappa shape index (κ2) is 5.64. The van der Waals surface area contributed by atoms with Gasteiger partial charge in [-0.15, -0.1) is 0 Å². The van der Waals surface area contributed by atoms with E-state index in [9.17, 15) is 9.59 Å². The van der Waals surface area contributed by atoms with Gasteiger partial charge in [0.15, 0.2) is 0 Å². The van der Waals surface area contributed by atoms with Crippen molar-refractivity contribution < 1.29 is 18.7 Å². The van der Waals surface area contributed by atoms with Gasteiger partial charge in [0.05, 0.1) is 5.56 Å². The van der Waals surface area contributed by atoms with Crippen molar-refractivity contribution in [1.29, 1.82) is 0 Å². The number of ether oxygens (including phenoxy) is 1. The molecule has 0 saturated carbocycles. The molecule has 0 saturated heterocycles. The van der Waals surface area contributed by atoms with Gasteiger partial charge in [0.2, 0.25) is 5.91 Å². The van der Waals surface area contributed by atoms with Crippen LogP contribution in [-0.2, 0) is 18.4 Å². The Labute approximate surface area is 132 Å². The maximum absolute atomic E-state index is 12.2. The molecule has 2 aromatic heterocycles. The lowest BCUT2D eigenvalue weighted by atomic mass is 10.1. The molecule has 3 aromatic rings. The van der Waals surface area contributed by atoms with Crippen LogP contribution in [0.1, 0.15) is 32.2 Å². The zero-order chi connectivity index (χ0) is 16.6. The predicted octanol–water partition coefficient (Wildman–Crippen LogP) is 2.54. The van der Waals surface area contributed by atoms with E-state index in [2.05, 4.69) is 0 Å². The summed E-state index contributed by atoms with van der Waals surface area (Å²) in [6.45, 7) is 1.94. The van der Waals surface area contributed by atoms with Gasteiger partial charge in [-0.25, -0.2) is 4.79 Å². The fourth-order valence-corrected chi connectivity index (χ4v) is 2.47. The van der Waals surface area contributed by atoms with Crippen molar-refractivity contribution in [3.05, 3.63) is 59.1 Å². The van der Waals surface area contributed by atoms with E-state index >= 15 is 0 Å². The van der Waals surface area contributed by atoms with E-state index in [1.807, 2.05) is 31.2 Å². The minimum Gasteiger partial charge on any atom is -0.457 e. The first-order chi connectivity index (χ1) is 11.0. The van der Waals surface area contributed by atoms with Gasteiger partial charge in [-0.2, -0.15) is 0 Å². The van der Waals surface area contributed by atoms with Crippen LogP contribution in [0.4, 0.5) is 0 Å². The van der Waals surface area contributed by atoms with Gasteiger partial charge in [-0.05, 0) is 19.1 Å². The van der Waals surface area contributed by atoms with E-state index < -0.39 is 11.9 Å². The highest BCUT2D eigenvalue weighted by atomic mass is 16.5. The largest absolute Gasteiger partial charge is 0.457 e. The zero-order valence-electron chi connectivity index (χ0n) is 12.8. The number of esters is 1. The van der Waals surface area contributed by atoms with Crippen molar-refractivity contribution in [2.45, 2.75) is 13.5 Å². The Morgan fingerprint density at radius 3 is 2.70 bits per heavy atom. The smallest absolute Gasteiger partial charge is 0.355 e. The maximum Gasteiger partial charge on any atom is 0.355 e. The van der Waals surface area contributed by atoms with Crippen molar-refractivity contribution in [2.24, 2.45) is 12.8 Å². The van der Waals surface area contributed by atoms with E-state index in [0.717, 1.165) is 16.5 Å². The van der Waals surface area contributed by atoms with Gasteiger partial charge >= 0.3 is 5.97 Å². The van der Waals surface area contributed by atoms with Crippen LogP contribution in [0.15, 0.2) is 40.9 Å². The molecule has 118 valence electrons. The quantitative estimate of drug-likeness (QED) is 0.750. The Hall–Kier alpha value is -3.02. The third-order valence-electron chi connectivity index (χ3n) is 3.78. The number of furan rings is 1. The maximum atomic E-state index is 12.2. The van der Waals surface area contributed by atoms with Gasteiger partial charge < -0.3 is 19.5 Å². The van der Waals surface area contributed by atoms with Crippen LogP contribution in [0.2, 0.25) is 0 Å². The fraction of sp³-hybridized carbons (Fsp3) is 0.176. The average Bonchev–Trinajstić information content (AvgIpc) is 3.07. The number of benzene rings is 1. The SMILES string of the molecule is Cc1c(COC(=O)c2cc(C(N)=O)cn2C)oc2ccccc12. The third-order valence-corrected chi connectivity index (χ3v) is 3.78. The lowest BCUT2D eigenvalue weighted by Gasteiger charge is -2.04. The Kier molecular flexibility index (Phi) is 3.65. The van der Waals surface area contributed by atoms with Gasteiger partial charge in [-0.3, -0.25) is 4.79 Å². The molecule has 2 heterocycles. The van der Waals surface area contributed by atoms with Crippen molar-refractivity contribution in [3.63, 3.8) is 0 Å². The summed E-state index contributed by atoms with van der Waals surface area (Å²) in [4.78, 5) is 23.3. The molecule has 0 fully saturated rings. The molecule has 23 heavy (non-hydrogen) atoms. The molecule has 1 amide bonds. The van der Waals surface area contributed by atoms with Crippen LogP contribution < -0.4 is 5.73 Å². The lowest BCUT2D eigenvalue weighted by Crippen LogP contribution is -2.10. The highest BCUT2D eigenvalue weighted by Gasteiger charge is 2.17. The fourth-order valence-electron chi connectivity index (χ4n) is 2.47. The summed E-state index contributed by atoms with van der Waals surface area (Å²) in [5.41, 5.74) is 7.42. The molecule has 0 radical (unpaired) electrons. The van der Waals surface area contributed by atoms with Crippen molar-refractivity contribution >= 4 is 22.8 Å². The van der Waals surface area contributed by atoms with Crippen LogP contribution in [-0.4, -0.2) is 16.4 Å². The summed E-state index contributed by atoms with van der Waals surface area (Å²) in [6.07, 6.45) is 1.49. The van der Waals surface area contributed by atoms with Crippen LogP contribution >= 0.6 is 0 Å². The third kappa shape index (κ3) is 2.70. The first-order valence-electron chi connectivity index (χ1n) is 7.07. The normalized spacial score (nSPS) is 10.9. The Morgan fingerprint density at radius 2 is 2.04 bits per heavy atom. The van der Waals surface area contributed by atoms with E-state index in [4.69, 9.17) is 14.9 Å². The van der Waals surface area contributed by atoms with E-state index in [-0.39, 0.29) is 17.9 Å². The Bertz CT molecular complexity index is 905. The topological polar surface area (TPSA) is 87.5 Å². The summed E-state index contributed by atoms with van der Waals surface area (Å²) in [6, 6.07) is 9.04. The summed E-state index contributed by atoms with van der Waals surface area (Å²) < 4.78 is 12.5. The van der Waals surface area contributed by atoms with E-state index in [1.165, 1.54) is 16.8 Å². The van der Waals surface area contributed by atoms with Crippen LogP contribution in [0.25, 0.3) is 11.0 Å². The number of hydrogen-bond acceptors (Lipinski definition) is 4. The number of carbonyl (C=O) groups excluding carboxylic acids is 2. The first kappa shape index (κ1) is 14.9. The number of para-hydroxylation sites is 1. The zero-order valence-corrected chi connectivity index (χ0v) is 12.8. The number of primary amides is 1. The molecule has 3 rings (SSSR count). The first-order valence-corrected chi connectivity index (χ1v) is 7.07. The molecule has 0 unspecified atom stereocenters. The highest BCUT2D eigenvalue weighted by molar-refractivity contribution is 5.96.